The van der Waals surface area contributed by atoms with Crippen LogP contribution in [0.3, 0.4) is 0 Å². The minimum atomic E-state index is -3.54. The molecule has 0 aromatic heterocycles. The lowest BCUT2D eigenvalue weighted by Crippen LogP contribution is -2.25. The van der Waals surface area contributed by atoms with Gasteiger partial charge < -0.3 is 9.47 Å². The van der Waals surface area contributed by atoms with Crippen LogP contribution in [0.4, 0.5) is 0 Å². The minimum Gasteiger partial charge on any atom is -0.497 e. The van der Waals surface area contributed by atoms with Crippen molar-refractivity contribution >= 4 is 15.8 Å². The lowest BCUT2D eigenvalue weighted by molar-refractivity contribution is -0.148. The van der Waals surface area contributed by atoms with E-state index in [2.05, 4.69) is 12.2 Å². The van der Waals surface area contributed by atoms with Gasteiger partial charge in [-0.05, 0) is 49.4 Å². The Labute approximate surface area is 143 Å². The maximum absolute atomic E-state index is 12.4. The second-order valence-electron chi connectivity index (χ2n) is 6.14. The number of sulfone groups is 1. The summed E-state index contributed by atoms with van der Waals surface area (Å²) in [4.78, 5) is 12.3. The number of hydrogen-bond acceptors (Lipinski definition) is 5. The summed E-state index contributed by atoms with van der Waals surface area (Å²) >= 11 is 0. The number of rotatable bonds is 7. The molecule has 1 aliphatic rings. The molecule has 2 rings (SSSR count). The highest BCUT2D eigenvalue weighted by Crippen LogP contribution is 2.21. The maximum atomic E-state index is 12.4. The Morgan fingerprint density at radius 1 is 1.25 bits per heavy atom. The van der Waals surface area contributed by atoms with Crippen LogP contribution in [0.15, 0.2) is 41.3 Å². The van der Waals surface area contributed by atoms with Crippen LogP contribution in [0.25, 0.3) is 0 Å². The number of methoxy groups -OCH3 is 1. The van der Waals surface area contributed by atoms with Gasteiger partial charge in [0.2, 0.25) is 0 Å². The Balaban J connectivity index is 1.89. The lowest BCUT2D eigenvalue weighted by atomic mass is 9.95. The maximum Gasteiger partial charge on any atom is 0.309 e. The summed E-state index contributed by atoms with van der Waals surface area (Å²) in [6, 6.07) is 6.15. The summed E-state index contributed by atoms with van der Waals surface area (Å²) < 4.78 is 35.1. The number of benzene rings is 1. The van der Waals surface area contributed by atoms with Gasteiger partial charge in [-0.2, -0.15) is 0 Å². The molecular weight excluding hydrogens is 328 g/mol. The fraction of sp³-hybridized carbons (Fsp3) is 0.500. The summed E-state index contributed by atoms with van der Waals surface area (Å²) in [6.07, 6.45) is 7.14. The molecule has 5 nitrogen and oxygen atoms in total. The van der Waals surface area contributed by atoms with Crippen LogP contribution in [0.5, 0.6) is 5.75 Å². The molecule has 1 aliphatic carbocycles. The van der Waals surface area contributed by atoms with Crippen LogP contribution in [0, 0.1) is 11.8 Å². The number of esters is 1. The molecule has 6 heteroatoms. The van der Waals surface area contributed by atoms with Crippen LogP contribution in [0.2, 0.25) is 0 Å². The molecule has 0 spiro atoms. The molecule has 0 bridgehead atoms. The van der Waals surface area contributed by atoms with Crippen molar-refractivity contribution in [3.63, 3.8) is 0 Å². The van der Waals surface area contributed by atoms with Gasteiger partial charge in [0.1, 0.15) is 5.75 Å². The van der Waals surface area contributed by atoms with Crippen molar-refractivity contribution in [2.24, 2.45) is 11.8 Å². The van der Waals surface area contributed by atoms with Crippen molar-refractivity contribution in [1.29, 1.82) is 0 Å². The Bertz CT molecular complexity index is 676. The molecule has 2 atom stereocenters. The van der Waals surface area contributed by atoms with Crippen molar-refractivity contribution in [3.05, 3.63) is 36.4 Å². The average Bonchev–Trinajstić information content (AvgIpc) is 2.60. The average molecular weight is 352 g/mol. The molecule has 1 aromatic carbocycles. The van der Waals surface area contributed by atoms with Crippen molar-refractivity contribution in [1.82, 2.24) is 0 Å². The Hall–Kier alpha value is -1.82. The van der Waals surface area contributed by atoms with Crippen LogP contribution < -0.4 is 4.74 Å². The summed E-state index contributed by atoms with van der Waals surface area (Å²) in [5, 5.41) is 0. The number of hydrogen-bond donors (Lipinski definition) is 0. The largest absolute Gasteiger partial charge is 0.497 e. The van der Waals surface area contributed by atoms with Crippen LogP contribution in [0.1, 0.15) is 26.2 Å². The lowest BCUT2D eigenvalue weighted by Gasteiger charge is -2.19. The summed E-state index contributed by atoms with van der Waals surface area (Å²) in [6.45, 7) is 1.94. The topological polar surface area (TPSA) is 69.7 Å². The van der Waals surface area contributed by atoms with E-state index in [0.29, 0.717) is 18.3 Å². The van der Waals surface area contributed by atoms with E-state index in [9.17, 15) is 13.2 Å². The van der Waals surface area contributed by atoms with E-state index in [1.807, 2.05) is 0 Å². The second-order valence-corrected chi connectivity index (χ2v) is 8.17. The molecule has 0 heterocycles. The van der Waals surface area contributed by atoms with Crippen molar-refractivity contribution < 1.29 is 22.7 Å². The first-order valence-electron chi connectivity index (χ1n) is 8.11. The van der Waals surface area contributed by atoms with Crippen molar-refractivity contribution in [2.75, 3.05) is 19.5 Å². The first-order valence-corrected chi connectivity index (χ1v) is 9.76. The van der Waals surface area contributed by atoms with Crippen LogP contribution in [-0.4, -0.2) is 33.9 Å². The second kappa shape index (κ2) is 8.33. The normalized spacial score (nSPS) is 18.8. The first-order chi connectivity index (χ1) is 11.4. The van der Waals surface area contributed by atoms with E-state index in [1.54, 1.807) is 19.1 Å². The monoisotopic (exact) mass is 352 g/mol. The zero-order valence-corrected chi connectivity index (χ0v) is 14.9. The van der Waals surface area contributed by atoms with Crippen molar-refractivity contribution in [2.45, 2.75) is 31.1 Å². The van der Waals surface area contributed by atoms with E-state index < -0.39 is 21.7 Å². The summed E-state index contributed by atoms with van der Waals surface area (Å²) in [5.41, 5.74) is 0. The highest BCUT2D eigenvalue weighted by Gasteiger charge is 2.25. The van der Waals surface area contributed by atoms with Gasteiger partial charge in [-0.1, -0.05) is 19.1 Å². The molecule has 0 saturated heterocycles. The summed E-state index contributed by atoms with van der Waals surface area (Å²) in [5.74, 6) is -0.493. The minimum absolute atomic E-state index is 0.181. The molecular formula is C18H24O5S. The number of carbonyl (C=O) groups is 1. The molecule has 0 amide bonds. The van der Waals surface area contributed by atoms with E-state index in [0.717, 1.165) is 19.3 Å². The zero-order chi connectivity index (χ0) is 17.6. The third kappa shape index (κ3) is 5.09. The van der Waals surface area contributed by atoms with Gasteiger partial charge in [0.15, 0.2) is 9.84 Å². The van der Waals surface area contributed by atoms with Gasteiger partial charge in [-0.3, -0.25) is 4.79 Å². The quantitative estimate of drug-likeness (QED) is 0.557. The third-order valence-electron chi connectivity index (χ3n) is 4.13. The molecule has 0 saturated carbocycles. The molecule has 0 fully saturated rings. The van der Waals surface area contributed by atoms with Gasteiger partial charge in [-0.25, -0.2) is 8.42 Å². The van der Waals surface area contributed by atoms with E-state index in [1.165, 1.54) is 19.2 Å². The Kier molecular flexibility index (Phi) is 6.43. The van der Waals surface area contributed by atoms with Gasteiger partial charge in [0, 0.05) is 0 Å². The SMILES string of the molecule is COc1ccc(S(=O)(=O)C[C@H](C)C(=O)OC[C@@H]2CC=CCC2)cc1. The number of carbonyl (C=O) groups excluding carboxylic acids is 1. The fourth-order valence-corrected chi connectivity index (χ4v) is 4.16. The zero-order valence-electron chi connectivity index (χ0n) is 14.1. The predicted molar refractivity (Wildman–Crippen MR) is 91.7 cm³/mol. The number of allylic oxidation sites excluding steroid dienone is 2. The Morgan fingerprint density at radius 3 is 2.54 bits per heavy atom. The van der Waals surface area contributed by atoms with Crippen molar-refractivity contribution in [3.8, 4) is 5.75 Å². The van der Waals surface area contributed by atoms with Gasteiger partial charge in [0.25, 0.3) is 0 Å². The van der Waals surface area contributed by atoms with Gasteiger partial charge in [-0.15, -0.1) is 0 Å². The van der Waals surface area contributed by atoms with Gasteiger partial charge in [0.05, 0.1) is 30.3 Å². The highest BCUT2D eigenvalue weighted by atomic mass is 32.2. The molecule has 1 aromatic rings. The fourth-order valence-electron chi connectivity index (χ4n) is 2.63. The molecule has 132 valence electrons. The molecule has 0 aliphatic heterocycles. The standard InChI is InChI=1S/C18H24O5S/c1-14(18(19)23-12-15-6-4-3-5-7-15)13-24(20,21)17-10-8-16(22-2)9-11-17/h3-4,8-11,14-15H,5-7,12-13H2,1-2H3/t14-,15+/m0/s1. The smallest absolute Gasteiger partial charge is 0.309 e. The van der Waals surface area contributed by atoms with Crippen LogP contribution >= 0.6 is 0 Å². The van der Waals surface area contributed by atoms with Gasteiger partial charge >= 0.3 is 5.97 Å². The molecule has 0 unspecified atom stereocenters. The first kappa shape index (κ1) is 18.5. The van der Waals surface area contributed by atoms with Crippen LogP contribution in [-0.2, 0) is 19.4 Å². The van der Waals surface area contributed by atoms with E-state index in [4.69, 9.17) is 9.47 Å². The summed E-state index contributed by atoms with van der Waals surface area (Å²) in [7, 11) is -2.02. The van der Waals surface area contributed by atoms with E-state index >= 15 is 0 Å². The van der Waals surface area contributed by atoms with E-state index in [-0.39, 0.29) is 10.6 Å². The molecule has 24 heavy (non-hydrogen) atoms. The molecule has 0 radical (unpaired) electrons. The third-order valence-corrected chi connectivity index (χ3v) is 6.06. The molecule has 0 N–H and O–H groups in total. The Morgan fingerprint density at radius 2 is 1.96 bits per heavy atom. The highest BCUT2D eigenvalue weighted by molar-refractivity contribution is 7.91. The number of ether oxygens (including phenoxy) is 2. The predicted octanol–water partition coefficient (Wildman–Crippen LogP) is 3.00.